The number of aryl methyl sites for hydroxylation is 1. The van der Waals surface area contributed by atoms with E-state index in [1.165, 1.54) is 31.2 Å². The minimum atomic E-state index is -0.284. The van der Waals surface area contributed by atoms with Crippen molar-refractivity contribution in [2.24, 2.45) is 0 Å². The highest BCUT2D eigenvalue weighted by Crippen LogP contribution is 2.35. The quantitative estimate of drug-likeness (QED) is 0.836. The molecule has 0 radical (unpaired) electrons. The van der Waals surface area contributed by atoms with Crippen molar-refractivity contribution < 1.29 is 9.53 Å². The van der Waals surface area contributed by atoms with Gasteiger partial charge in [0.2, 0.25) is 0 Å². The Morgan fingerprint density at radius 2 is 1.89 bits per heavy atom. The highest BCUT2D eigenvalue weighted by Gasteiger charge is 2.24. The van der Waals surface area contributed by atoms with E-state index in [0.29, 0.717) is 5.69 Å². The molecule has 2 aromatic rings. The summed E-state index contributed by atoms with van der Waals surface area (Å²) in [6, 6.07) is 10.1. The lowest BCUT2D eigenvalue weighted by Crippen LogP contribution is -2.03. The summed E-state index contributed by atoms with van der Waals surface area (Å²) in [7, 11) is 1.43. The lowest BCUT2D eigenvalue weighted by atomic mass is 9.91. The molecule has 0 aliphatic heterocycles. The molecule has 19 heavy (non-hydrogen) atoms. The summed E-state index contributed by atoms with van der Waals surface area (Å²) in [4.78, 5) is 15.2. The zero-order chi connectivity index (χ0) is 13.2. The molecule has 1 heterocycles. The summed E-state index contributed by atoms with van der Waals surface area (Å²) < 4.78 is 4.91. The molecule has 0 bridgehead atoms. The minimum absolute atomic E-state index is 0.284. The fourth-order valence-corrected chi connectivity index (χ4v) is 2.86. The maximum Gasteiger partial charge on any atom is 0.355 e. The molecule has 3 heteroatoms. The summed E-state index contributed by atoms with van der Waals surface area (Å²) >= 11 is 0. The standard InChI is InChI=1S/C16H17NO2/c1-19-16(18)15-14(11-7-3-2-4-8-11)12-9-5-6-10-13(12)17-15/h2-4,7-8,17H,5-6,9-10H2,1H3. The van der Waals surface area contributed by atoms with E-state index in [9.17, 15) is 4.79 Å². The van der Waals surface area contributed by atoms with Gasteiger partial charge in [-0.3, -0.25) is 0 Å². The van der Waals surface area contributed by atoms with Crippen LogP contribution in [0, 0.1) is 0 Å². The van der Waals surface area contributed by atoms with Crippen molar-refractivity contribution in [2.75, 3.05) is 7.11 Å². The van der Waals surface area contributed by atoms with Crippen LogP contribution in [0.2, 0.25) is 0 Å². The van der Waals surface area contributed by atoms with Crippen LogP contribution in [0.15, 0.2) is 30.3 Å². The zero-order valence-corrected chi connectivity index (χ0v) is 11.0. The van der Waals surface area contributed by atoms with Gasteiger partial charge in [0.15, 0.2) is 0 Å². The lowest BCUT2D eigenvalue weighted by molar-refractivity contribution is 0.0595. The molecule has 3 rings (SSSR count). The number of hydrogen-bond donors (Lipinski definition) is 1. The van der Waals surface area contributed by atoms with Crippen LogP contribution in [0.5, 0.6) is 0 Å². The topological polar surface area (TPSA) is 42.1 Å². The van der Waals surface area contributed by atoms with E-state index in [4.69, 9.17) is 4.74 Å². The molecule has 1 aromatic heterocycles. The SMILES string of the molecule is COC(=O)c1[nH]c2c(c1-c1ccccc1)CCCC2. The fourth-order valence-electron chi connectivity index (χ4n) is 2.86. The number of methoxy groups -OCH3 is 1. The molecule has 98 valence electrons. The Kier molecular flexibility index (Phi) is 3.11. The molecule has 0 saturated heterocycles. The molecular formula is C16H17NO2. The summed E-state index contributed by atoms with van der Waals surface area (Å²) in [5, 5.41) is 0. The summed E-state index contributed by atoms with van der Waals surface area (Å²) in [5.41, 5.74) is 5.20. The first-order chi connectivity index (χ1) is 9.31. The largest absolute Gasteiger partial charge is 0.464 e. The van der Waals surface area contributed by atoms with Crippen molar-refractivity contribution in [2.45, 2.75) is 25.7 Å². The molecule has 0 unspecified atom stereocenters. The second kappa shape index (κ2) is 4.92. The molecule has 3 nitrogen and oxygen atoms in total. The van der Waals surface area contributed by atoms with E-state index < -0.39 is 0 Å². The van der Waals surface area contributed by atoms with Gasteiger partial charge < -0.3 is 9.72 Å². The number of aromatic amines is 1. The third kappa shape index (κ3) is 2.05. The van der Waals surface area contributed by atoms with Crippen LogP contribution in [0.4, 0.5) is 0 Å². The number of nitrogens with one attached hydrogen (secondary N) is 1. The van der Waals surface area contributed by atoms with Gasteiger partial charge in [0.1, 0.15) is 5.69 Å². The van der Waals surface area contributed by atoms with Crippen molar-refractivity contribution >= 4 is 5.97 Å². The monoisotopic (exact) mass is 255 g/mol. The maximum atomic E-state index is 12.0. The van der Waals surface area contributed by atoms with Gasteiger partial charge in [-0.2, -0.15) is 0 Å². The number of esters is 1. The fraction of sp³-hybridized carbons (Fsp3) is 0.312. The van der Waals surface area contributed by atoms with Crippen molar-refractivity contribution in [3.63, 3.8) is 0 Å². The number of fused-ring (bicyclic) bond motifs is 1. The molecule has 0 saturated carbocycles. The summed E-state index contributed by atoms with van der Waals surface area (Å²) in [5.74, 6) is -0.284. The van der Waals surface area contributed by atoms with E-state index >= 15 is 0 Å². The van der Waals surface area contributed by atoms with Crippen molar-refractivity contribution in [1.82, 2.24) is 4.98 Å². The molecule has 1 aliphatic rings. The van der Waals surface area contributed by atoms with E-state index in [-0.39, 0.29) is 5.97 Å². The molecule has 1 N–H and O–H groups in total. The molecule has 0 amide bonds. The lowest BCUT2D eigenvalue weighted by Gasteiger charge is -2.12. The Balaban J connectivity index is 2.20. The molecular weight excluding hydrogens is 238 g/mol. The van der Waals surface area contributed by atoms with Crippen LogP contribution in [0.3, 0.4) is 0 Å². The first kappa shape index (κ1) is 12.0. The van der Waals surface area contributed by atoms with Crippen LogP contribution < -0.4 is 0 Å². The number of H-pyrrole nitrogens is 1. The molecule has 0 spiro atoms. The first-order valence-corrected chi connectivity index (χ1v) is 6.68. The molecule has 0 atom stereocenters. The zero-order valence-electron chi connectivity index (χ0n) is 11.0. The van der Waals surface area contributed by atoms with Gasteiger partial charge in [-0.25, -0.2) is 4.79 Å². The first-order valence-electron chi connectivity index (χ1n) is 6.68. The van der Waals surface area contributed by atoms with Crippen molar-refractivity contribution in [3.05, 3.63) is 47.3 Å². The Bertz CT molecular complexity index is 599. The Morgan fingerprint density at radius 3 is 2.63 bits per heavy atom. The van der Waals surface area contributed by atoms with Gasteiger partial charge in [0, 0.05) is 11.3 Å². The minimum Gasteiger partial charge on any atom is -0.464 e. The summed E-state index contributed by atoms with van der Waals surface area (Å²) in [6.45, 7) is 0. The maximum absolute atomic E-state index is 12.0. The van der Waals surface area contributed by atoms with Gasteiger partial charge >= 0.3 is 5.97 Å². The predicted octanol–water partition coefficient (Wildman–Crippen LogP) is 3.35. The van der Waals surface area contributed by atoms with Crippen LogP contribution in [-0.2, 0) is 17.6 Å². The second-order valence-electron chi connectivity index (χ2n) is 4.90. The van der Waals surface area contributed by atoms with E-state index in [1.54, 1.807) is 0 Å². The van der Waals surface area contributed by atoms with Gasteiger partial charge in [0.05, 0.1) is 7.11 Å². The Morgan fingerprint density at radius 1 is 1.16 bits per heavy atom. The number of hydrogen-bond acceptors (Lipinski definition) is 2. The average Bonchev–Trinajstić information content (AvgIpc) is 2.86. The van der Waals surface area contributed by atoms with Crippen LogP contribution in [0.25, 0.3) is 11.1 Å². The number of benzene rings is 1. The second-order valence-corrected chi connectivity index (χ2v) is 4.90. The highest BCUT2D eigenvalue weighted by molar-refractivity contribution is 5.97. The normalized spacial score (nSPS) is 13.9. The molecule has 1 aliphatic carbocycles. The number of carbonyl (C=O) groups is 1. The summed E-state index contributed by atoms with van der Waals surface area (Å²) in [6.07, 6.45) is 4.42. The van der Waals surface area contributed by atoms with Crippen LogP contribution in [-0.4, -0.2) is 18.1 Å². The van der Waals surface area contributed by atoms with E-state index in [1.807, 2.05) is 30.3 Å². The number of carbonyl (C=O) groups excluding carboxylic acids is 1. The van der Waals surface area contributed by atoms with Gasteiger partial charge in [-0.05, 0) is 36.8 Å². The Hall–Kier alpha value is -2.03. The predicted molar refractivity (Wildman–Crippen MR) is 74.2 cm³/mol. The van der Waals surface area contributed by atoms with Crippen molar-refractivity contribution in [1.29, 1.82) is 0 Å². The van der Waals surface area contributed by atoms with Crippen molar-refractivity contribution in [3.8, 4) is 11.1 Å². The molecule has 0 fully saturated rings. The number of aromatic nitrogens is 1. The third-order valence-electron chi connectivity index (χ3n) is 3.75. The van der Waals surface area contributed by atoms with Gasteiger partial charge in [-0.15, -0.1) is 0 Å². The van der Waals surface area contributed by atoms with Crippen LogP contribution in [0.1, 0.15) is 34.6 Å². The van der Waals surface area contributed by atoms with Crippen LogP contribution >= 0.6 is 0 Å². The smallest absolute Gasteiger partial charge is 0.355 e. The highest BCUT2D eigenvalue weighted by atomic mass is 16.5. The van der Waals surface area contributed by atoms with Gasteiger partial charge in [0.25, 0.3) is 0 Å². The van der Waals surface area contributed by atoms with Gasteiger partial charge in [-0.1, -0.05) is 30.3 Å². The van der Waals surface area contributed by atoms with E-state index in [0.717, 1.165) is 24.0 Å². The molecule has 1 aromatic carbocycles. The third-order valence-corrected chi connectivity index (χ3v) is 3.75. The average molecular weight is 255 g/mol. The number of ether oxygens (including phenoxy) is 1. The van der Waals surface area contributed by atoms with E-state index in [2.05, 4.69) is 4.98 Å². The number of rotatable bonds is 2. The Labute approximate surface area is 112 Å².